The van der Waals surface area contributed by atoms with Gasteiger partial charge in [0.2, 0.25) is 0 Å². The Morgan fingerprint density at radius 1 is 0.857 bits per heavy atom. The molecular weight excluding hydrogens is 170 g/mol. The molecule has 0 spiro atoms. The average molecular weight is 197 g/mol. The molecule has 84 valence electrons. The van der Waals surface area contributed by atoms with Crippen molar-refractivity contribution in [2.24, 2.45) is 0 Å². The van der Waals surface area contributed by atoms with Crippen molar-refractivity contribution in [2.75, 3.05) is 20.6 Å². The molecule has 0 saturated carbocycles. The van der Waals surface area contributed by atoms with E-state index in [1.165, 1.54) is 51.5 Å². The second-order valence-corrected chi connectivity index (χ2v) is 4.27. The molecule has 0 heterocycles. The van der Waals surface area contributed by atoms with Crippen LogP contribution in [0.5, 0.6) is 0 Å². The van der Waals surface area contributed by atoms with Crippen molar-refractivity contribution < 1.29 is 0 Å². The van der Waals surface area contributed by atoms with E-state index in [0.29, 0.717) is 0 Å². The Kier molecular flexibility index (Phi) is 10.5. The minimum atomic E-state index is 1.17. The largest absolute Gasteiger partial charge is 0.309 e. The van der Waals surface area contributed by atoms with E-state index in [1.54, 1.807) is 0 Å². The van der Waals surface area contributed by atoms with Gasteiger partial charge < -0.3 is 4.90 Å². The first kappa shape index (κ1) is 13.7. The quantitative estimate of drug-likeness (QED) is 0.401. The highest BCUT2D eigenvalue weighted by Gasteiger charge is 1.87. The first-order chi connectivity index (χ1) is 6.77. The summed E-state index contributed by atoms with van der Waals surface area (Å²) in [7, 11) is 4.25. The van der Waals surface area contributed by atoms with Crippen LogP contribution in [0.1, 0.15) is 51.9 Å². The number of hydrogen-bond acceptors (Lipinski definition) is 1. The van der Waals surface area contributed by atoms with Crippen LogP contribution in [0, 0.1) is 0 Å². The number of rotatable bonds is 9. The highest BCUT2D eigenvalue weighted by atomic mass is 15.0. The molecule has 0 aromatic heterocycles. The first-order valence-corrected chi connectivity index (χ1v) is 6.07. The van der Waals surface area contributed by atoms with Crippen molar-refractivity contribution in [3.8, 4) is 0 Å². The average Bonchev–Trinajstić information content (AvgIpc) is 2.15. The fourth-order valence-electron chi connectivity index (χ4n) is 1.43. The van der Waals surface area contributed by atoms with Crippen LogP contribution in [0.3, 0.4) is 0 Å². The standard InChI is InChI=1S/C13H27N/c1-4-5-6-7-8-9-10-11-12-13-14(2)3/h10-11H,4-9,12-13H2,1-3H3/b11-10+. The van der Waals surface area contributed by atoms with Crippen LogP contribution in [-0.2, 0) is 0 Å². The van der Waals surface area contributed by atoms with Crippen LogP contribution in [0.2, 0.25) is 0 Å². The van der Waals surface area contributed by atoms with Crippen LogP contribution >= 0.6 is 0 Å². The van der Waals surface area contributed by atoms with Crippen LogP contribution in [0.15, 0.2) is 12.2 Å². The van der Waals surface area contributed by atoms with Crippen LogP contribution in [0.4, 0.5) is 0 Å². The maximum absolute atomic E-state index is 2.34. The van der Waals surface area contributed by atoms with Crippen LogP contribution in [-0.4, -0.2) is 25.5 Å². The predicted octanol–water partition coefficient (Wildman–Crippen LogP) is 3.85. The Hall–Kier alpha value is -0.300. The van der Waals surface area contributed by atoms with E-state index in [0.717, 1.165) is 0 Å². The van der Waals surface area contributed by atoms with Gasteiger partial charge in [0.05, 0.1) is 0 Å². The van der Waals surface area contributed by atoms with E-state index in [9.17, 15) is 0 Å². The number of hydrogen-bond donors (Lipinski definition) is 0. The molecule has 0 aliphatic heterocycles. The summed E-state index contributed by atoms with van der Waals surface area (Å²) in [4.78, 5) is 2.23. The molecule has 0 fully saturated rings. The van der Waals surface area contributed by atoms with Gasteiger partial charge >= 0.3 is 0 Å². The topological polar surface area (TPSA) is 3.24 Å². The minimum absolute atomic E-state index is 1.17. The summed E-state index contributed by atoms with van der Waals surface area (Å²) in [5.41, 5.74) is 0. The summed E-state index contributed by atoms with van der Waals surface area (Å²) >= 11 is 0. The molecule has 1 heteroatoms. The third-order valence-corrected chi connectivity index (χ3v) is 2.38. The Balaban J connectivity index is 3.03. The van der Waals surface area contributed by atoms with Gasteiger partial charge in [-0.2, -0.15) is 0 Å². The molecule has 0 saturated heterocycles. The van der Waals surface area contributed by atoms with Crippen molar-refractivity contribution in [1.82, 2.24) is 4.90 Å². The van der Waals surface area contributed by atoms with Crippen LogP contribution in [0.25, 0.3) is 0 Å². The minimum Gasteiger partial charge on any atom is -0.309 e. The SMILES string of the molecule is CCCCCCC/C=C/CCN(C)C. The molecule has 0 aliphatic rings. The molecule has 1 nitrogen and oxygen atoms in total. The Morgan fingerprint density at radius 3 is 2.14 bits per heavy atom. The normalized spacial score (nSPS) is 11.7. The van der Waals surface area contributed by atoms with Gasteiger partial charge in [0.15, 0.2) is 0 Å². The summed E-state index contributed by atoms with van der Waals surface area (Å²) in [6.45, 7) is 3.44. The molecule has 0 aromatic rings. The third-order valence-electron chi connectivity index (χ3n) is 2.38. The molecule has 0 amide bonds. The van der Waals surface area contributed by atoms with Gasteiger partial charge in [0.25, 0.3) is 0 Å². The van der Waals surface area contributed by atoms with E-state index in [4.69, 9.17) is 0 Å². The van der Waals surface area contributed by atoms with Gasteiger partial charge in [-0.15, -0.1) is 0 Å². The second-order valence-electron chi connectivity index (χ2n) is 4.27. The molecular formula is C13H27N. The van der Waals surface area contributed by atoms with E-state index in [2.05, 4.69) is 38.1 Å². The first-order valence-electron chi connectivity index (χ1n) is 6.07. The van der Waals surface area contributed by atoms with Gasteiger partial charge in [0.1, 0.15) is 0 Å². The molecule has 14 heavy (non-hydrogen) atoms. The van der Waals surface area contributed by atoms with Crippen molar-refractivity contribution in [3.63, 3.8) is 0 Å². The molecule has 0 N–H and O–H groups in total. The summed E-state index contributed by atoms with van der Waals surface area (Å²) < 4.78 is 0. The number of unbranched alkanes of at least 4 members (excludes halogenated alkanes) is 5. The molecule has 0 unspecified atom stereocenters. The molecule has 0 aromatic carbocycles. The van der Waals surface area contributed by atoms with E-state index < -0.39 is 0 Å². The van der Waals surface area contributed by atoms with E-state index >= 15 is 0 Å². The molecule has 0 aliphatic carbocycles. The Morgan fingerprint density at radius 2 is 1.50 bits per heavy atom. The summed E-state index contributed by atoms with van der Waals surface area (Å²) in [5, 5.41) is 0. The Labute approximate surface area is 90.2 Å². The van der Waals surface area contributed by atoms with Crippen molar-refractivity contribution in [1.29, 1.82) is 0 Å². The summed E-state index contributed by atoms with van der Waals surface area (Å²) in [5.74, 6) is 0. The highest BCUT2D eigenvalue weighted by Crippen LogP contribution is 2.05. The third kappa shape index (κ3) is 11.7. The lowest BCUT2D eigenvalue weighted by Crippen LogP contribution is -2.11. The van der Waals surface area contributed by atoms with Gasteiger partial charge in [-0.05, 0) is 33.4 Å². The van der Waals surface area contributed by atoms with E-state index in [-0.39, 0.29) is 0 Å². The fourth-order valence-corrected chi connectivity index (χ4v) is 1.43. The Bertz CT molecular complexity index is 127. The molecule has 0 radical (unpaired) electrons. The predicted molar refractivity (Wildman–Crippen MR) is 65.7 cm³/mol. The number of nitrogens with zero attached hydrogens (tertiary/aromatic N) is 1. The van der Waals surface area contributed by atoms with Crippen molar-refractivity contribution in [3.05, 3.63) is 12.2 Å². The fraction of sp³-hybridized carbons (Fsp3) is 0.846. The second kappa shape index (κ2) is 10.8. The van der Waals surface area contributed by atoms with Gasteiger partial charge in [-0.25, -0.2) is 0 Å². The van der Waals surface area contributed by atoms with E-state index in [1.807, 2.05) is 0 Å². The zero-order chi connectivity index (χ0) is 10.6. The zero-order valence-electron chi connectivity index (χ0n) is 10.3. The molecule has 0 bridgehead atoms. The van der Waals surface area contributed by atoms with Gasteiger partial charge in [0, 0.05) is 6.54 Å². The van der Waals surface area contributed by atoms with Gasteiger partial charge in [-0.3, -0.25) is 0 Å². The monoisotopic (exact) mass is 197 g/mol. The number of allylic oxidation sites excluding steroid dienone is 1. The van der Waals surface area contributed by atoms with Crippen molar-refractivity contribution in [2.45, 2.75) is 51.9 Å². The lowest BCUT2D eigenvalue weighted by molar-refractivity contribution is 0.417. The summed E-state index contributed by atoms with van der Waals surface area (Å²) in [6.07, 6.45) is 14.1. The zero-order valence-corrected chi connectivity index (χ0v) is 10.3. The maximum atomic E-state index is 2.34. The molecule has 0 atom stereocenters. The highest BCUT2D eigenvalue weighted by molar-refractivity contribution is 4.81. The lowest BCUT2D eigenvalue weighted by Gasteiger charge is -2.05. The lowest BCUT2D eigenvalue weighted by atomic mass is 10.1. The summed E-state index contributed by atoms with van der Waals surface area (Å²) in [6, 6.07) is 0. The maximum Gasteiger partial charge on any atom is 0.000980 e. The smallest absolute Gasteiger partial charge is 0.000980 e. The van der Waals surface area contributed by atoms with Crippen molar-refractivity contribution >= 4 is 0 Å². The molecule has 0 rings (SSSR count). The van der Waals surface area contributed by atoms with Crippen LogP contribution < -0.4 is 0 Å². The van der Waals surface area contributed by atoms with Gasteiger partial charge in [-0.1, -0.05) is 44.8 Å².